The monoisotopic (exact) mass is 485 g/mol. The van der Waals surface area contributed by atoms with Crippen LogP contribution >= 0.6 is 15.2 Å². The Balaban J connectivity index is 2.27. The molecule has 0 bridgehead atoms. The van der Waals surface area contributed by atoms with Crippen LogP contribution in [0.4, 0.5) is 0 Å². The first-order valence-corrected chi connectivity index (χ1v) is 13.1. The molecule has 9 nitrogen and oxygen atoms in total. The lowest BCUT2D eigenvalue weighted by atomic mass is 10.1. The van der Waals surface area contributed by atoms with Gasteiger partial charge in [-0.1, -0.05) is 35.4 Å². The lowest BCUT2D eigenvalue weighted by Crippen LogP contribution is -2.35. The van der Waals surface area contributed by atoms with E-state index in [-0.39, 0.29) is 12.2 Å². The molecule has 0 atom stereocenters. The molecule has 0 amide bonds. The van der Waals surface area contributed by atoms with Gasteiger partial charge in [-0.15, -0.1) is 0 Å². The molecule has 0 aliphatic carbocycles. The number of ether oxygens (including phenoxy) is 1. The van der Waals surface area contributed by atoms with E-state index in [4.69, 9.17) is 9.15 Å². The van der Waals surface area contributed by atoms with Gasteiger partial charge in [0, 0.05) is 12.0 Å². The van der Waals surface area contributed by atoms with Crippen molar-refractivity contribution in [2.24, 2.45) is 0 Å². The van der Waals surface area contributed by atoms with E-state index >= 15 is 0 Å². The van der Waals surface area contributed by atoms with E-state index in [0.717, 1.165) is 12.0 Å². The Kier molecular flexibility index (Phi) is 8.97. The molecule has 0 saturated heterocycles. The van der Waals surface area contributed by atoms with Crippen molar-refractivity contribution in [1.29, 1.82) is 0 Å². The van der Waals surface area contributed by atoms with Gasteiger partial charge >= 0.3 is 15.2 Å². The van der Waals surface area contributed by atoms with Crippen LogP contribution in [0.5, 0.6) is 0 Å². The molecule has 0 spiro atoms. The molecule has 1 aromatic heterocycles. The molecule has 11 heteroatoms. The molecule has 0 aliphatic heterocycles. The Morgan fingerprint density at radius 2 is 1.69 bits per heavy atom. The van der Waals surface area contributed by atoms with Crippen LogP contribution in [-0.2, 0) is 20.3 Å². The third-order valence-electron chi connectivity index (χ3n) is 4.82. The fourth-order valence-corrected chi connectivity index (χ4v) is 5.62. The highest BCUT2D eigenvalue weighted by atomic mass is 31.2. The minimum Gasteiger partial charge on any atom is -0.445 e. The quantitative estimate of drug-likeness (QED) is 0.264. The minimum absolute atomic E-state index is 0.274. The number of rotatable bonds is 11. The predicted molar refractivity (Wildman–Crippen MR) is 121 cm³/mol. The van der Waals surface area contributed by atoms with E-state index in [1.165, 1.54) is 30.2 Å². The van der Waals surface area contributed by atoms with Gasteiger partial charge in [0.05, 0.1) is 12.8 Å². The summed E-state index contributed by atoms with van der Waals surface area (Å²) in [7, 11) is -10.8. The second-order valence-corrected chi connectivity index (χ2v) is 11.7. The van der Waals surface area contributed by atoms with E-state index in [1.807, 2.05) is 20.8 Å². The van der Waals surface area contributed by atoms with Crippen LogP contribution in [0.15, 0.2) is 64.4 Å². The zero-order valence-electron chi connectivity index (χ0n) is 18.2. The summed E-state index contributed by atoms with van der Waals surface area (Å²) in [5, 5.41) is -3.00. The summed E-state index contributed by atoms with van der Waals surface area (Å²) in [4.78, 5) is 43.8. The molecule has 2 rings (SSSR count). The third-order valence-corrected chi connectivity index (χ3v) is 8.77. The van der Waals surface area contributed by atoms with Crippen molar-refractivity contribution in [3.8, 4) is 11.5 Å². The molecule has 0 saturated carbocycles. The molecular weight excluding hydrogens is 456 g/mol. The standard InChI is InChI=1S/C21H29NO8P2/c1-16(2)5-4-6-17(3)11-13-30-21(31(23,24)25,32(26,27)28)15-18-7-9-19(10-8-18)20-22-12-14-29-20/h5,7-12,14H,4,6,13,15H2,1-3H3,(H2,23,24,25)(H2,26,27,28)/b17-11+. The van der Waals surface area contributed by atoms with E-state index < -0.39 is 26.7 Å². The van der Waals surface area contributed by atoms with Gasteiger partial charge in [0.2, 0.25) is 5.89 Å². The number of nitrogens with zero attached hydrogens (tertiary/aromatic N) is 1. The second-order valence-electron chi connectivity index (χ2n) is 7.72. The first kappa shape index (κ1) is 26.4. The van der Waals surface area contributed by atoms with Gasteiger partial charge < -0.3 is 28.7 Å². The van der Waals surface area contributed by atoms with Gasteiger partial charge in [0.1, 0.15) is 6.26 Å². The molecule has 0 aliphatic rings. The highest BCUT2D eigenvalue weighted by Crippen LogP contribution is 2.70. The number of allylic oxidation sites excluding steroid dienone is 3. The van der Waals surface area contributed by atoms with Crippen LogP contribution in [0.25, 0.3) is 11.5 Å². The van der Waals surface area contributed by atoms with Crippen molar-refractivity contribution in [2.75, 3.05) is 6.61 Å². The van der Waals surface area contributed by atoms with Crippen molar-refractivity contribution in [3.05, 3.63) is 65.6 Å². The lowest BCUT2D eigenvalue weighted by Gasteiger charge is -2.34. The maximum Gasteiger partial charge on any atom is 0.370 e. The zero-order valence-corrected chi connectivity index (χ0v) is 20.0. The topological polar surface area (TPSA) is 150 Å². The first-order chi connectivity index (χ1) is 14.9. The predicted octanol–water partition coefficient (Wildman–Crippen LogP) is 4.60. The summed E-state index contributed by atoms with van der Waals surface area (Å²) in [6, 6.07) is 6.14. The average molecular weight is 485 g/mol. The summed E-state index contributed by atoms with van der Waals surface area (Å²) >= 11 is 0. The van der Waals surface area contributed by atoms with E-state index in [9.17, 15) is 28.7 Å². The number of hydrogen-bond donors (Lipinski definition) is 4. The Morgan fingerprint density at radius 1 is 1.06 bits per heavy atom. The van der Waals surface area contributed by atoms with Crippen LogP contribution < -0.4 is 0 Å². The highest BCUT2D eigenvalue weighted by Gasteiger charge is 2.61. The molecule has 2 aromatic rings. The summed E-state index contributed by atoms with van der Waals surface area (Å²) in [5.74, 6) is 0.345. The Bertz CT molecular complexity index is 1010. The SMILES string of the molecule is CC(C)=CCC/C(C)=C/COC(Cc1ccc(-c2ncco2)cc1)(P(=O)(O)O)P(=O)(O)O. The molecule has 176 valence electrons. The van der Waals surface area contributed by atoms with E-state index in [2.05, 4.69) is 11.1 Å². The second kappa shape index (κ2) is 10.9. The smallest absolute Gasteiger partial charge is 0.370 e. The number of hydrogen-bond acceptors (Lipinski definition) is 5. The average Bonchev–Trinajstić information content (AvgIpc) is 3.20. The van der Waals surface area contributed by atoms with Crippen molar-refractivity contribution in [3.63, 3.8) is 0 Å². The summed E-state index contributed by atoms with van der Waals surface area (Å²) in [6.07, 6.45) is 7.29. The minimum atomic E-state index is -5.40. The Labute approximate surface area is 187 Å². The van der Waals surface area contributed by atoms with Gasteiger partial charge in [0.15, 0.2) is 0 Å². The Hall–Kier alpha value is -1.83. The van der Waals surface area contributed by atoms with Crippen molar-refractivity contribution < 1.29 is 37.9 Å². The van der Waals surface area contributed by atoms with E-state index in [0.29, 0.717) is 17.9 Å². The van der Waals surface area contributed by atoms with Gasteiger partial charge in [-0.05, 0) is 51.3 Å². The van der Waals surface area contributed by atoms with Crippen molar-refractivity contribution >= 4 is 15.2 Å². The summed E-state index contributed by atoms with van der Waals surface area (Å²) in [5.41, 5.74) is 2.93. The van der Waals surface area contributed by atoms with Gasteiger partial charge in [-0.2, -0.15) is 0 Å². The number of oxazole rings is 1. The fourth-order valence-electron chi connectivity index (χ4n) is 3.00. The molecule has 4 N–H and O–H groups in total. The Morgan fingerprint density at radius 3 is 2.19 bits per heavy atom. The number of aromatic nitrogens is 1. The van der Waals surface area contributed by atoms with Gasteiger partial charge in [-0.25, -0.2) is 4.98 Å². The van der Waals surface area contributed by atoms with Crippen LogP contribution in [-0.4, -0.2) is 36.2 Å². The molecule has 0 fully saturated rings. The highest BCUT2D eigenvalue weighted by molar-refractivity contribution is 7.72. The maximum atomic E-state index is 12.3. The van der Waals surface area contributed by atoms with Crippen LogP contribution in [0, 0.1) is 0 Å². The van der Waals surface area contributed by atoms with Crippen molar-refractivity contribution in [2.45, 2.75) is 45.1 Å². The van der Waals surface area contributed by atoms with Gasteiger partial charge in [0.25, 0.3) is 5.08 Å². The lowest BCUT2D eigenvalue weighted by molar-refractivity contribution is 0.0540. The first-order valence-electron chi connectivity index (χ1n) is 9.89. The van der Waals surface area contributed by atoms with Crippen LogP contribution in [0.2, 0.25) is 0 Å². The molecular formula is C21H29NO8P2. The maximum absolute atomic E-state index is 12.3. The molecule has 32 heavy (non-hydrogen) atoms. The van der Waals surface area contributed by atoms with Crippen molar-refractivity contribution in [1.82, 2.24) is 4.98 Å². The normalized spacial score (nSPS) is 13.3. The number of benzene rings is 1. The summed E-state index contributed by atoms with van der Waals surface area (Å²) < 4.78 is 35.1. The third kappa shape index (κ3) is 6.83. The molecule has 0 radical (unpaired) electrons. The molecule has 1 heterocycles. The summed E-state index contributed by atoms with van der Waals surface area (Å²) in [6.45, 7) is 5.42. The largest absolute Gasteiger partial charge is 0.445 e. The van der Waals surface area contributed by atoms with Gasteiger partial charge in [-0.3, -0.25) is 9.13 Å². The van der Waals surface area contributed by atoms with Crippen LogP contribution in [0.1, 0.15) is 39.2 Å². The fraction of sp³-hybridized carbons (Fsp3) is 0.381. The molecule has 1 aromatic carbocycles. The molecule has 0 unspecified atom stereocenters. The zero-order chi connectivity index (χ0) is 24.0. The van der Waals surface area contributed by atoms with Crippen LogP contribution in [0.3, 0.4) is 0 Å². The van der Waals surface area contributed by atoms with E-state index in [1.54, 1.807) is 18.2 Å².